The van der Waals surface area contributed by atoms with Gasteiger partial charge in [0.25, 0.3) is 0 Å². The highest BCUT2D eigenvalue weighted by atomic mass is 14.4. The average molecular weight is 501 g/mol. The Kier molecular flexibility index (Phi) is 4.37. The number of benzene rings is 6. The normalized spacial score (nSPS) is 15.7. The second kappa shape index (κ2) is 7.48. The Balaban J connectivity index is 1.48. The first-order valence-electron chi connectivity index (χ1n) is 14.1. The molecule has 0 saturated heterocycles. The minimum atomic E-state index is -0.0253. The number of fused-ring (bicyclic) bond motifs is 8. The van der Waals surface area contributed by atoms with E-state index in [1.807, 2.05) is 0 Å². The van der Waals surface area contributed by atoms with E-state index in [0.29, 0.717) is 0 Å². The predicted molar refractivity (Wildman–Crippen MR) is 167 cm³/mol. The monoisotopic (exact) mass is 500 g/mol. The van der Waals surface area contributed by atoms with E-state index >= 15 is 0 Å². The van der Waals surface area contributed by atoms with Crippen molar-refractivity contribution in [3.63, 3.8) is 0 Å². The first-order valence-corrected chi connectivity index (χ1v) is 14.1. The lowest BCUT2D eigenvalue weighted by Crippen LogP contribution is -2.15. The van der Waals surface area contributed by atoms with Crippen LogP contribution in [0.2, 0.25) is 0 Å². The molecule has 0 nitrogen and oxygen atoms in total. The summed E-state index contributed by atoms with van der Waals surface area (Å²) >= 11 is 0. The van der Waals surface area contributed by atoms with E-state index in [0.717, 1.165) is 0 Å². The Morgan fingerprint density at radius 2 is 0.949 bits per heavy atom. The number of rotatable bonds is 1. The molecule has 2 aliphatic rings. The first kappa shape index (κ1) is 22.8. The Morgan fingerprint density at radius 1 is 0.410 bits per heavy atom. The van der Waals surface area contributed by atoms with Crippen LogP contribution >= 0.6 is 0 Å². The van der Waals surface area contributed by atoms with E-state index in [1.165, 1.54) is 82.7 Å². The van der Waals surface area contributed by atoms with Gasteiger partial charge in [-0.2, -0.15) is 0 Å². The first-order chi connectivity index (χ1) is 18.8. The second-order valence-corrected chi connectivity index (χ2v) is 12.6. The van der Waals surface area contributed by atoms with E-state index in [-0.39, 0.29) is 10.8 Å². The maximum absolute atomic E-state index is 2.50. The molecule has 0 aromatic heterocycles. The molecule has 0 atom stereocenters. The van der Waals surface area contributed by atoms with Crippen molar-refractivity contribution in [1.82, 2.24) is 0 Å². The van der Waals surface area contributed by atoms with Crippen LogP contribution in [-0.2, 0) is 10.8 Å². The largest absolute Gasteiger partial charge is 0.0619 e. The molecule has 0 fully saturated rings. The smallest absolute Gasteiger partial charge is 0.0159 e. The SMILES string of the molecule is Cc1c2ccccc2c(-c2ccc3c(c2)C(C)(C)c2ccccc2-3)c2cc3c(cc12)C(C)(C)c1ccccc1-3. The van der Waals surface area contributed by atoms with Crippen LogP contribution in [0.3, 0.4) is 0 Å². The van der Waals surface area contributed by atoms with Gasteiger partial charge in [-0.3, -0.25) is 0 Å². The van der Waals surface area contributed by atoms with Gasteiger partial charge in [-0.25, -0.2) is 0 Å². The van der Waals surface area contributed by atoms with Crippen molar-refractivity contribution in [2.45, 2.75) is 45.4 Å². The van der Waals surface area contributed by atoms with Crippen molar-refractivity contribution in [2.24, 2.45) is 0 Å². The van der Waals surface area contributed by atoms with Crippen LogP contribution in [0.25, 0.3) is 54.9 Å². The Bertz CT molecular complexity index is 2020. The molecular weight excluding hydrogens is 468 g/mol. The third kappa shape index (κ3) is 2.84. The predicted octanol–water partition coefficient (Wildman–Crippen LogP) is 10.6. The van der Waals surface area contributed by atoms with Gasteiger partial charge in [-0.15, -0.1) is 0 Å². The molecule has 188 valence electrons. The summed E-state index contributed by atoms with van der Waals surface area (Å²) in [5, 5.41) is 5.40. The standard InChI is InChI=1S/C39H32/c1-23-25-12-6-7-15-29(25)37(24-18-19-28-26-13-8-10-16-33(26)38(2,3)35(28)20-24)32-21-31-27-14-9-11-17-34(27)39(4,5)36(31)22-30(23)32/h6-22H,1-5H3. The zero-order valence-electron chi connectivity index (χ0n) is 23.3. The van der Waals surface area contributed by atoms with E-state index in [2.05, 4.69) is 138 Å². The quantitative estimate of drug-likeness (QED) is 0.197. The number of hydrogen-bond donors (Lipinski definition) is 0. The Labute approximate surface area is 231 Å². The maximum atomic E-state index is 2.50. The highest BCUT2D eigenvalue weighted by Gasteiger charge is 2.37. The fourth-order valence-electron chi connectivity index (χ4n) is 7.75. The molecule has 0 N–H and O–H groups in total. The highest BCUT2D eigenvalue weighted by molar-refractivity contribution is 6.16. The molecule has 2 aliphatic carbocycles. The Hall–Kier alpha value is -4.16. The van der Waals surface area contributed by atoms with Crippen LogP contribution in [-0.4, -0.2) is 0 Å². The third-order valence-electron chi connectivity index (χ3n) is 9.87. The van der Waals surface area contributed by atoms with Gasteiger partial charge >= 0.3 is 0 Å². The summed E-state index contributed by atoms with van der Waals surface area (Å²) in [6.45, 7) is 11.8. The van der Waals surface area contributed by atoms with Gasteiger partial charge in [0.1, 0.15) is 0 Å². The molecule has 6 aromatic carbocycles. The van der Waals surface area contributed by atoms with Gasteiger partial charge < -0.3 is 0 Å². The molecule has 8 rings (SSSR count). The molecule has 6 aromatic rings. The summed E-state index contributed by atoms with van der Waals surface area (Å²) in [6.07, 6.45) is 0. The summed E-state index contributed by atoms with van der Waals surface area (Å²) < 4.78 is 0. The minimum absolute atomic E-state index is 0.0122. The molecule has 0 bridgehead atoms. The van der Waals surface area contributed by atoms with Crippen LogP contribution in [0.4, 0.5) is 0 Å². The van der Waals surface area contributed by atoms with E-state index in [9.17, 15) is 0 Å². The van der Waals surface area contributed by atoms with Gasteiger partial charge in [0.15, 0.2) is 0 Å². The molecule has 0 heteroatoms. The van der Waals surface area contributed by atoms with Crippen LogP contribution < -0.4 is 0 Å². The van der Waals surface area contributed by atoms with Crippen molar-refractivity contribution in [1.29, 1.82) is 0 Å². The van der Waals surface area contributed by atoms with E-state index in [1.54, 1.807) is 0 Å². The minimum Gasteiger partial charge on any atom is -0.0619 e. The van der Waals surface area contributed by atoms with Gasteiger partial charge in [0.2, 0.25) is 0 Å². The fraction of sp³-hybridized carbons (Fsp3) is 0.179. The summed E-state index contributed by atoms with van der Waals surface area (Å²) in [4.78, 5) is 0. The zero-order chi connectivity index (χ0) is 26.7. The van der Waals surface area contributed by atoms with Gasteiger partial charge in [-0.1, -0.05) is 113 Å². The summed E-state index contributed by atoms with van der Waals surface area (Å²) in [5.41, 5.74) is 15.2. The van der Waals surface area contributed by atoms with Crippen LogP contribution in [0, 0.1) is 6.92 Å². The van der Waals surface area contributed by atoms with Crippen molar-refractivity contribution >= 4 is 21.5 Å². The zero-order valence-corrected chi connectivity index (χ0v) is 23.3. The molecule has 0 unspecified atom stereocenters. The summed E-state index contributed by atoms with van der Waals surface area (Å²) in [5.74, 6) is 0. The maximum Gasteiger partial charge on any atom is 0.0159 e. The second-order valence-electron chi connectivity index (χ2n) is 12.6. The van der Waals surface area contributed by atoms with Crippen molar-refractivity contribution in [3.05, 3.63) is 131 Å². The van der Waals surface area contributed by atoms with Gasteiger partial charge in [0.05, 0.1) is 0 Å². The lowest BCUT2D eigenvalue weighted by Gasteiger charge is -2.24. The Morgan fingerprint density at radius 3 is 1.64 bits per heavy atom. The molecule has 0 saturated carbocycles. The number of aryl methyl sites for hydroxylation is 1. The molecule has 0 radical (unpaired) electrons. The van der Waals surface area contributed by atoms with Crippen LogP contribution in [0.1, 0.15) is 55.5 Å². The highest BCUT2D eigenvalue weighted by Crippen LogP contribution is 2.53. The number of hydrogen-bond acceptors (Lipinski definition) is 0. The van der Waals surface area contributed by atoms with E-state index < -0.39 is 0 Å². The summed E-state index contributed by atoms with van der Waals surface area (Å²) in [6, 6.07) is 39.1. The molecular formula is C39H32. The topological polar surface area (TPSA) is 0 Å². The van der Waals surface area contributed by atoms with Crippen molar-refractivity contribution < 1.29 is 0 Å². The third-order valence-corrected chi connectivity index (χ3v) is 9.87. The van der Waals surface area contributed by atoms with E-state index in [4.69, 9.17) is 0 Å². The molecule has 39 heavy (non-hydrogen) atoms. The van der Waals surface area contributed by atoms with Gasteiger partial charge in [0, 0.05) is 10.8 Å². The average Bonchev–Trinajstić information content (AvgIpc) is 3.32. The lowest BCUT2D eigenvalue weighted by atomic mass is 9.79. The molecule has 0 amide bonds. The van der Waals surface area contributed by atoms with Crippen LogP contribution in [0.15, 0.2) is 103 Å². The molecule has 0 aliphatic heterocycles. The summed E-state index contributed by atoms with van der Waals surface area (Å²) in [7, 11) is 0. The van der Waals surface area contributed by atoms with Gasteiger partial charge in [-0.05, 0) is 108 Å². The van der Waals surface area contributed by atoms with Crippen LogP contribution in [0.5, 0.6) is 0 Å². The molecule has 0 heterocycles. The fourth-order valence-corrected chi connectivity index (χ4v) is 7.75. The van der Waals surface area contributed by atoms with Crippen molar-refractivity contribution in [3.8, 4) is 33.4 Å². The lowest BCUT2D eigenvalue weighted by molar-refractivity contribution is 0.660. The van der Waals surface area contributed by atoms with Crippen molar-refractivity contribution in [2.75, 3.05) is 0 Å². The molecule has 0 spiro atoms.